The SMILES string of the molecule is CCCc1ccc(NC2CCOC2C)cc1. The first-order chi connectivity index (χ1) is 7.79. The van der Waals surface area contributed by atoms with Crippen LogP contribution < -0.4 is 5.32 Å². The molecule has 0 aromatic heterocycles. The molecule has 2 rings (SSSR count). The van der Waals surface area contributed by atoms with Crippen molar-refractivity contribution in [2.75, 3.05) is 11.9 Å². The summed E-state index contributed by atoms with van der Waals surface area (Å²) in [5, 5.41) is 3.53. The van der Waals surface area contributed by atoms with E-state index in [2.05, 4.69) is 43.4 Å². The third kappa shape index (κ3) is 2.76. The molecule has 16 heavy (non-hydrogen) atoms. The second-order valence-electron chi connectivity index (χ2n) is 4.56. The lowest BCUT2D eigenvalue weighted by Crippen LogP contribution is -2.26. The van der Waals surface area contributed by atoms with Crippen LogP contribution in [0.5, 0.6) is 0 Å². The van der Waals surface area contributed by atoms with Crippen molar-refractivity contribution >= 4 is 5.69 Å². The van der Waals surface area contributed by atoms with E-state index in [1.807, 2.05) is 0 Å². The van der Waals surface area contributed by atoms with Crippen LogP contribution in [0.1, 0.15) is 32.3 Å². The lowest BCUT2D eigenvalue weighted by atomic mass is 10.1. The summed E-state index contributed by atoms with van der Waals surface area (Å²) in [4.78, 5) is 0. The summed E-state index contributed by atoms with van der Waals surface area (Å²) < 4.78 is 5.54. The number of nitrogens with one attached hydrogen (secondary N) is 1. The van der Waals surface area contributed by atoms with Crippen LogP contribution in [-0.2, 0) is 11.2 Å². The summed E-state index contributed by atoms with van der Waals surface area (Å²) in [5.41, 5.74) is 2.63. The molecule has 0 spiro atoms. The first kappa shape index (κ1) is 11.5. The van der Waals surface area contributed by atoms with Gasteiger partial charge in [-0.1, -0.05) is 25.5 Å². The van der Waals surface area contributed by atoms with Crippen molar-refractivity contribution in [1.29, 1.82) is 0 Å². The highest BCUT2D eigenvalue weighted by Crippen LogP contribution is 2.19. The van der Waals surface area contributed by atoms with Gasteiger partial charge in [0.25, 0.3) is 0 Å². The minimum absolute atomic E-state index is 0.329. The third-order valence-electron chi connectivity index (χ3n) is 3.22. The zero-order chi connectivity index (χ0) is 11.4. The van der Waals surface area contributed by atoms with E-state index in [0.717, 1.165) is 13.0 Å². The van der Waals surface area contributed by atoms with Gasteiger partial charge in [0.2, 0.25) is 0 Å². The maximum Gasteiger partial charge on any atom is 0.0748 e. The zero-order valence-corrected chi connectivity index (χ0v) is 10.2. The topological polar surface area (TPSA) is 21.3 Å². The molecule has 88 valence electrons. The van der Waals surface area contributed by atoms with Gasteiger partial charge in [0.05, 0.1) is 12.1 Å². The average molecular weight is 219 g/mol. The van der Waals surface area contributed by atoms with Crippen LogP contribution in [0.15, 0.2) is 24.3 Å². The quantitative estimate of drug-likeness (QED) is 0.839. The maximum atomic E-state index is 5.54. The average Bonchev–Trinajstić information content (AvgIpc) is 2.68. The minimum atomic E-state index is 0.329. The lowest BCUT2D eigenvalue weighted by Gasteiger charge is -2.17. The molecule has 2 nitrogen and oxygen atoms in total. The van der Waals surface area contributed by atoms with Crippen molar-refractivity contribution < 1.29 is 4.74 Å². The molecule has 0 radical (unpaired) electrons. The Morgan fingerprint density at radius 3 is 2.62 bits per heavy atom. The van der Waals surface area contributed by atoms with Crippen molar-refractivity contribution in [1.82, 2.24) is 0 Å². The number of anilines is 1. The molecule has 0 aliphatic carbocycles. The predicted molar refractivity (Wildman–Crippen MR) is 67.9 cm³/mol. The first-order valence-electron chi connectivity index (χ1n) is 6.26. The van der Waals surface area contributed by atoms with Crippen molar-refractivity contribution in [2.24, 2.45) is 0 Å². The Morgan fingerprint density at radius 1 is 1.31 bits per heavy atom. The molecular weight excluding hydrogens is 198 g/mol. The number of rotatable bonds is 4. The Balaban J connectivity index is 1.94. The van der Waals surface area contributed by atoms with Gasteiger partial charge in [-0.15, -0.1) is 0 Å². The van der Waals surface area contributed by atoms with E-state index in [9.17, 15) is 0 Å². The molecule has 0 bridgehead atoms. The number of ether oxygens (including phenoxy) is 1. The smallest absolute Gasteiger partial charge is 0.0748 e. The van der Waals surface area contributed by atoms with Crippen LogP contribution in [0.3, 0.4) is 0 Å². The van der Waals surface area contributed by atoms with E-state index < -0.39 is 0 Å². The molecule has 1 heterocycles. The molecule has 1 N–H and O–H groups in total. The molecule has 2 atom stereocenters. The van der Waals surface area contributed by atoms with Gasteiger partial charge in [-0.25, -0.2) is 0 Å². The van der Waals surface area contributed by atoms with E-state index in [1.54, 1.807) is 0 Å². The van der Waals surface area contributed by atoms with E-state index >= 15 is 0 Å². The summed E-state index contributed by atoms with van der Waals surface area (Å²) in [6.07, 6.45) is 3.82. The fraction of sp³-hybridized carbons (Fsp3) is 0.571. The second kappa shape index (κ2) is 5.35. The molecule has 1 fully saturated rings. The Hall–Kier alpha value is -1.02. The third-order valence-corrected chi connectivity index (χ3v) is 3.22. The number of benzene rings is 1. The van der Waals surface area contributed by atoms with Gasteiger partial charge in [-0.05, 0) is 37.5 Å². The van der Waals surface area contributed by atoms with Crippen LogP contribution >= 0.6 is 0 Å². The standard InChI is InChI=1S/C14H21NO/c1-3-4-12-5-7-13(8-6-12)15-14-9-10-16-11(14)2/h5-8,11,14-15H,3-4,9-10H2,1-2H3. The van der Waals surface area contributed by atoms with Crippen LogP contribution in [0.4, 0.5) is 5.69 Å². The molecule has 1 aliphatic heterocycles. The Bertz CT molecular complexity index is 320. The van der Waals surface area contributed by atoms with Crippen molar-refractivity contribution in [3.8, 4) is 0 Å². The molecular formula is C14H21NO. The van der Waals surface area contributed by atoms with E-state index in [0.29, 0.717) is 12.1 Å². The summed E-state index contributed by atoms with van der Waals surface area (Å²) in [6.45, 7) is 5.23. The monoisotopic (exact) mass is 219 g/mol. The molecule has 2 heteroatoms. The Morgan fingerprint density at radius 2 is 2.06 bits per heavy atom. The maximum absolute atomic E-state index is 5.54. The van der Waals surface area contributed by atoms with Gasteiger partial charge < -0.3 is 10.1 Å². The first-order valence-corrected chi connectivity index (χ1v) is 6.26. The largest absolute Gasteiger partial charge is 0.380 e. The van der Waals surface area contributed by atoms with Gasteiger partial charge >= 0.3 is 0 Å². The summed E-state index contributed by atoms with van der Waals surface area (Å²) in [5.74, 6) is 0. The minimum Gasteiger partial charge on any atom is -0.380 e. The van der Waals surface area contributed by atoms with Gasteiger partial charge in [-0.2, -0.15) is 0 Å². The van der Waals surface area contributed by atoms with E-state index in [4.69, 9.17) is 4.74 Å². The zero-order valence-electron chi connectivity index (χ0n) is 10.2. The summed E-state index contributed by atoms with van der Waals surface area (Å²) in [6, 6.07) is 9.25. The number of hydrogen-bond acceptors (Lipinski definition) is 2. The van der Waals surface area contributed by atoms with Crippen LogP contribution in [0.2, 0.25) is 0 Å². The highest BCUT2D eigenvalue weighted by atomic mass is 16.5. The molecule has 0 saturated carbocycles. The van der Waals surface area contributed by atoms with E-state index in [-0.39, 0.29) is 0 Å². The Kier molecular flexibility index (Phi) is 3.83. The fourth-order valence-electron chi connectivity index (χ4n) is 2.19. The molecule has 2 unspecified atom stereocenters. The van der Waals surface area contributed by atoms with Crippen molar-refractivity contribution in [2.45, 2.75) is 45.3 Å². The molecule has 1 aromatic rings. The van der Waals surface area contributed by atoms with Gasteiger partial charge in [0.15, 0.2) is 0 Å². The normalized spacial score (nSPS) is 24.6. The number of hydrogen-bond donors (Lipinski definition) is 1. The Labute approximate surface area is 98.0 Å². The lowest BCUT2D eigenvalue weighted by molar-refractivity contribution is 0.121. The van der Waals surface area contributed by atoms with Crippen LogP contribution in [0, 0.1) is 0 Å². The molecule has 1 aliphatic rings. The van der Waals surface area contributed by atoms with Crippen molar-refractivity contribution in [3.05, 3.63) is 29.8 Å². The fourth-order valence-corrected chi connectivity index (χ4v) is 2.19. The highest BCUT2D eigenvalue weighted by molar-refractivity contribution is 5.45. The summed E-state index contributed by atoms with van der Waals surface area (Å²) >= 11 is 0. The molecule has 0 amide bonds. The van der Waals surface area contributed by atoms with Crippen LogP contribution in [-0.4, -0.2) is 18.8 Å². The molecule has 1 saturated heterocycles. The molecule has 1 aromatic carbocycles. The number of aryl methyl sites for hydroxylation is 1. The van der Waals surface area contributed by atoms with Gasteiger partial charge in [0.1, 0.15) is 0 Å². The summed E-state index contributed by atoms with van der Waals surface area (Å²) in [7, 11) is 0. The van der Waals surface area contributed by atoms with E-state index in [1.165, 1.54) is 24.1 Å². The predicted octanol–water partition coefficient (Wildman–Crippen LogP) is 3.23. The van der Waals surface area contributed by atoms with Crippen molar-refractivity contribution in [3.63, 3.8) is 0 Å². The highest BCUT2D eigenvalue weighted by Gasteiger charge is 2.23. The van der Waals surface area contributed by atoms with Crippen LogP contribution in [0.25, 0.3) is 0 Å². The van der Waals surface area contributed by atoms with Gasteiger partial charge in [0, 0.05) is 12.3 Å². The second-order valence-corrected chi connectivity index (χ2v) is 4.56. The van der Waals surface area contributed by atoms with Gasteiger partial charge in [-0.3, -0.25) is 0 Å².